The molecule has 2 aliphatic heterocycles. The Hall–Kier alpha value is -1.98. The lowest BCUT2D eigenvalue weighted by Crippen LogP contribution is -2.62. The van der Waals surface area contributed by atoms with E-state index in [1.54, 1.807) is 4.90 Å². The SMILES string of the molecule is CC(C)N1CCCC2(CCCN2C(=O)c2ccc(F)c(F)c2)C1=O. The number of benzene rings is 1. The number of amides is 2. The number of rotatable bonds is 2. The van der Waals surface area contributed by atoms with Gasteiger partial charge in [-0.05, 0) is 57.7 Å². The van der Waals surface area contributed by atoms with Crippen LogP contribution in [-0.4, -0.2) is 46.3 Å². The molecule has 2 heterocycles. The van der Waals surface area contributed by atoms with Crippen molar-refractivity contribution in [2.75, 3.05) is 13.1 Å². The van der Waals surface area contributed by atoms with Gasteiger partial charge in [0.1, 0.15) is 5.54 Å². The fraction of sp³-hybridized carbons (Fsp3) is 0.556. The van der Waals surface area contributed by atoms with Gasteiger partial charge in [-0.25, -0.2) is 8.78 Å². The highest BCUT2D eigenvalue weighted by Gasteiger charge is 2.53. The van der Waals surface area contributed by atoms with Gasteiger partial charge in [0.2, 0.25) is 5.91 Å². The Morgan fingerprint density at radius 1 is 1.12 bits per heavy atom. The Bertz CT molecular complexity index is 677. The van der Waals surface area contributed by atoms with Gasteiger partial charge in [0.25, 0.3) is 5.91 Å². The molecule has 0 aromatic heterocycles. The normalized spacial score (nSPS) is 24.3. The van der Waals surface area contributed by atoms with Crippen LogP contribution in [-0.2, 0) is 4.79 Å². The maximum atomic E-state index is 13.5. The zero-order valence-corrected chi connectivity index (χ0v) is 14.0. The molecule has 1 aromatic carbocycles. The summed E-state index contributed by atoms with van der Waals surface area (Å²) in [6.07, 6.45) is 2.84. The topological polar surface area (TPSA) is 40.6 Å². The first kappa shape index (κ1) is 16.9. The minimum Gasteiger partial charge on any atom is -0.338 e. The highest BCUT2D eigenvalue weighted by atomic mass is 19.2. The van der Waals surface area contributed by atoms with E-state index >= 15 is 0 Å². The standard InChI is InChI=1S/C18H22F2N2O2/c1-12(2)21-9-3-7-18(17(21)24)8-4-10-22(18)16(23)13-5-6-14(19)15(20)11-13/h5-6,11-12H,3-4,7-10H2,1-2H3. The summed E-state index contributed by atoms with van der Waals surface area (Å²) in [5.41, 5.74) is -0.741. The average Bonchev–Trinajstić information content (AvgIpc) is 2.96. The molecule has 0 N–H and O–H groups in total. The Morgan fingerprint density at radius 3 is 2.42 bits per heavy atom. The van der Waals surface area contributed by atoms with Gasteiger partial charge in [-0.2, -0.15) is 0 Å². The maximum absolute atomic E-state index is 13.5. The summed E-state index contributed by atoms with van der Waals surface area (Å²) in [6.45, 7) is 5.10. The van der Waals surface area contributed by atoms with Crippen LogP contribution in [0.5, 0.6) is 0 Å². The fourth-order valence-corrected chi connectivity index (χ4v) is 3.95. The number of halogens is 2. The van der Waals surface area contributed by atoms with Crippen LogP contribution in [0.4, 0.5) is 8.78 Å². The number of likely N-dealkylation sites (tertiary alicyclic amines) is 2. The van der Waals surface area contributed by atoms with Crippen LogP contribution in [0.15, 0.2) is 18.2 Å². The van der Waals surface area contributed by atoms with E-state index in [9.17, 15) is 18.4 Å². The molecule has 1 spiro atoms. The first-order chi connectivity index (χ1) is 11.4. The number of carbonyl (C=O) groups is 2. The maximum Gasteiger partial charge on any atom is 0.254 e. The Kier molecular flexibility index (Phi) is 4.32. The highest BCUT2D eigenvalue weighted by Crippen LogP contribution is 2.39. The number of carbonyl (C=O) groups excluding carboxylic acids is 2. The van der Waals surface area contributed by atoms with Gasteiger partial charge in [-0.1, -0.05) is 0 Å². The van der Waals surface area contributed by atoms with Gasteiger partial charge in [-0.3, -0.25) is 9.59 Å². The quantitative estimate of drug-likeness (QED) is 0.833. The Balaban J connectivity index is 1.93. The van der Waals surface area contributed by atoms with Crippen LogP contribution in [0.2, 0.25) is 0 Å². The van der Waals surface area contributed by atoms with E-state index in [0.717, 1.165) is 25.0 Å². The predicted molar refractivity (Wildman–Crippen MR) is 85.4 cm³/mol. The summed E-state index contributed by atoms with van der Waals surface area (Å²) >= 11 is 0. The molecule has 0 aliphatic carbocycles. The molecule has 2 amide bonds. The fourth-order valence-electron chi connectivity index (χ4n) is 3.95. The molecule has 0 radical (unpaired) electrons. The number of piperidine rings is 1. The van der Waals surface area contributed by atoms with E-state index in [1.165, 1.54) is 6.07 Å². The molecule has 1 aromatic rings. The van der Waals surface area contributed by atoms with Gasteiger partial charge >= 0.3 is 0 Å². The average molecular weight is 336 g/mol. The van der Waals surface area contributed by atoms with Crippen molar-refractivity contribution in [1.82, 2.24) is 9.80 Å². The third-order valence-electron chi connectivity index (χ3n) is 5.17. The number of nitrogens with zero attached hydrogens (tertiary/aromatic N) is 2. The van der Waals surface area contributed by atoms with E-state index in [1.807, 2.05) is 18.7 Å². The van der Waals surface area contributed by atoms with E-state index < -0.39 is 23.1 Å². The molecule has 1 unspecified atom stereocenters. The number of hydrogen-bond donors (Lipinski definition) is 0. The van der Waals surface area contributed by atoms with Crippen molar-refractivity contribution in [3.63, 3.8) is 0 Å². The van der Waals surface area contributed by atoms with E-state index in [-0.39, 0.29) is 17.5 Å². The molecule has 6 heteroatoms. The molecule has 4 nitrogen and oxygen atoms in total. The monoisotopic (exact) mass is 336 g/mol. The van der Waals surface area contributed by atoms with Gasteiger partial charge in [0, 0.05) is 24.7 Å². The largest absolute Gasteiger partial charge is 0.338 e. The molecule has 0 saturated carbocycles. The van der Waals surface area contributed by atoms with Crippen LogP contribution in [0.3, 0.4) is 0 Å². The zero-order chi connectivity index (χ0) is 17.5. The smallest absolute Gasteiger partial charge is 0.254 e. The van der Waals surface area contributed by atoms with Gasteiger partial charge in [0.15, 0.2) is 11.6 Å². The minimum absolute atomic E-state index is 0.0165. The second-order valence-corrected chi connectivity index (χ2v) is 6.92. The lowest BCUT2D eigenvalue weighted by molar-refractivity contribution is -0.147. The second kappa shape index (κ2) is 6.15. The molecule has 0 bridgehead atoms. The van der Waals surface area contributed by atoms with Crippen molar-refractivity contribution in [2.24, 2.45) is 0 Å². The zero-order valence-electron chi connectivity index (χ0n) is 14.0. The Morgan fingerprint density at radius 2 is 1.79 bits per heavy atom. The first-order valence-electron chi connectivity index (χ1n) is 8.45. The third-order valence-corrected chi connectivity index (χ3v) is 5.17. The molecule has 130 valence electrons. The van der Waals surface area contributed by atoms with Crippen LogP contribution < -0.4 is 0 Å². The van der Waals surface area contributed by atoms with E-state index in [2.05, 4.69) is 0 Å². The molecule has 3 rings (SSSR count). The summed E-state index contributed by atoms with van der Waals surface area (Å²) in [5.74, 6) is -2.45. The second-order valence-electron chi connectivity index (χ2n) is 6.92. The van der Waals surface area contributed by atoms with Crippen molar-refractivity contribution >= 4 is 11.8 Å². The van der Waals surface area contributed by atoms with E-state index in [4.69, 9.17) is 0 Å². The van der Waals surface area contributed by atoms with Crippen molar-refractivity contribution < 1.29 is 18.4 Å². The third kappa shape index (κ3) is 2.58. The van der Waals surface area contributed by atoms with Crippen molar-refractivity contribution in [3.8, 4) is 0 Å². The van der Waals surface area contributed by atoms with Crippen LogP contribution >= 0.6 is 0 Å². The van der Waals surface area contributed by atoms with Crippen molar-refractivity contribution in [1.29, 1.82) is 0 Å². The highest BCUT2D eigenvalue weighted by molar-refractivity contribution is 6.00. The Labute approximate surface area is 140 Å². The van der Waals surface area contributed by atoms with Crippen LogP contribution in [0.1, 0.15) is 49.9 Å². The molecular formula is C18H22F2N2O2. The molecule has 2 fully saturated rings. The molecule has 1 atom stereocenters. The summed E-state index contributed by atoms with van der Waals surface area (Å²) < 4.78 is 26.6. The lowest BCUT2D eigenvalue weighted by atomic mass is 9.84. The summed E-state index contributed by atoms with van der Waals surface area (Å²) in [6, 6.07) is 3.22. The van der Waals surface area contributed by atoms with Crippen LogP contribution in [0, 0.1) is 11.6 Å². The summed E-state index contributed by atoms with van der Waals surface area (Å²) in [4.78, 5) is 29.3. The first-order valence-corrected chi connectivity index (χ1v) is 8.45. The molecule has 2 aliphatic rings. The predicted octanol–water partition coefficient (Wildman–Crippen LogP) is 2.97. The molecular weight excluding hydrogens is 314 g/mol. The van der Waals surface area contributed by atoms with E-state index in [0.29, 0.717) is 25.9 Å². The van der Waals surface area contributed by atoms with Crippen molar-refractivity contribution in [2.45, 2.75) is 51.1 Å². The van der Waals surface area contributed by atoms with Gasteiger partial charge in [0.05, 0.1) is 0 Å². The van der Waals surface area contributed by atoms with Gasteiger partial charge in [-0.15, -0.1) is 0 Å². The van der Waals surface area contributed by atoms with Crippen molar-refractivity contribution in [3.05, 3.63) is 35.4 Å². The lowest BCUT2D eigenvalue weighted by Gasteiger charge is -2.46. The van der Waals surface area contributed by atoms with Crippen LogP contribution in [0.25, 0.3) is 0 Å². The molecule has 24 heavy (non-hydrogen) atoms. The summed E-state index contributed by atoms with van der Waals surface area (Å²) in [7, 11) is 0. The summed E-state index contributed by atoms with van der Waals surface area (Å²) in [5, 5.41) is 0. The van der Waals surface area contributed by atoms with Gasteiger partial charge < -0.3 is 9.80 Å². The molecule has 2 saturated heterocycles. The minimum atomic E-state index is -1.05. The number of hydrogen-bond acceptors (Lipinski definition) is 2.